The van der Waals surface area contributed by atoms with E-state index in [1.807, 2.05) is 48.2 Å². The number of furan rings is 1. The molecule has 2 aromatic carbocycles. The molecule has 6 nitrogen and oxygen atoms in total. The number of halogens is 2. The Balaban J connectivity index is 1.62. The first-order chi connectivity index (χ1) is 16.8. The number of anilines is 1. The molecule has 1 aliphatic heterocycles. The fourth-order valence-electron chi connectivity index (χ4n) is 4.20. The van der Waals surface area contributed by atoms with Gasteiger partial charge in [0.2, 0.25) is 0 Å². The number of nitrogens with one attached hydrogen (secondary N) is 1. The maximum Gasteiger partial charge on any atom is 0.335 e. The number of aryl methyl sites for hydroxylation is 1. The number of thiocarbonyl (C=S) groups is 1. The normalized spacial score (nSPS) is 17.5. The molecular formula is C26H19BrClN3O3S. The van der Waals surface area contributed by atoms with Crippen molar-refractivity contribution in [3.8, 4) is 11.3 Å². The molecular weight excluding hydrogens is 550 g/mol. The van der Waals surface area contributed by atoms with Crippen LogP contribution < -0.4 is 10.2 Å². The molecule has 35 heavy (non-hydrogen) atoms. The molecule has 0 unspecified atom stereocenters. The van der Waals surface area contributed by atoms with E-state index >= 15 is 0 Å². The van der Waals surface area contributed by atoms with Gasteiger partial charge in [-0.2, -0.15) is 0 Å². The topological polar surface area (TPSA) is 78.6 Å². The van der Waals surface area contributed by atoms with Crippen LogP contribution in [-0.4, -0.2) is 21.2 Å². The van der Waals surface area contributed by atoms with Crippen molar-refractivity contribution in [2.45, 2.75) is 19.0 Å². The zero-order chi connectivity index (χ0) is 24.7. The van der Waals surface area contributed by atoms with Crippen LogP contribution >= 0.6 is 39.7 Å². The van der Waals surface area contributed by atoms with Crippen LogP contribution in [0.25, 0.3) is 11.3 Å². The Morgan fingerprint density at radius 1 is 1.17 bits per heavy atom. The molecule has 2 aromatic heterocycles. The van der Waals surface area contributed by atoms with E-state index in [4.69, 9.17) is 28.2 Å². The van der Waals surface area contributed by atoms with E-state index in [9.17, 15) is 9.90 Å². The van der Waals surface area contributed by atoms with E-state index in [2.05, 4.69) is 32.3 Å². The van der Waals surface area contributed by atoms with Gasteiger partial charge in [0.25, 0.3) is 0 Å². The fraction of sp³-hybridized carbons (Fsp3) is 0.115. The molecule has 3 heterocycles. The first kappa shape index (κ1) is 23.5. The van der Waals surface area contributed by atoms with Crippen LogP contribution in [0.4, 0.5) is 5.69 Å². The van der Waals surface area contributed by atoms with E-state index in [0.717, 1.165) is 21.4 Å². The van der Waals surface area contributed by atoms with Crippen LogP contribution in [0.2, 0.25) is 5.02 Å². The van der Waals surface area contributed by atoms with Gasteiger partial charge in [-0.15, -0.1) is 0 Å². The summed E-state index contributed by atoms with van der Waals surface area (Å²) in [5.41, 5.74) is 3.44. The molecule has 0 radical (unpaired) electrons. The van der Waals surface area contributed by atoms with Crippen LogP contribution in [0.3, 0.4) is 0 Å². The first-order valence-corrected chi connectivity index (χ1v) is 12.3. The summed E-state index contributed by atoms with van der Waals surface area (Å²) in [4.78, 5) is 18.1. The quantitative estimate of drug-likeness (QED) is 0.252. The molecule has 1 fully saturated rings. The summed E-state index contributed by atoms with van der Waals surface area (Å²) in [6.07, 6.45) is 1.74. The van der Waals surface area contributed by atoms with Crippen LogP contribution in [-0.2, 0) is 0 Å². The van der Waals surface area contributed by atoms with E-state index in [0.29, 0.717) is 27.2 Å². The highest BCUT2D eigenvalue weighted by Gasteiger charge is 2.42. The number of hydrogen-bond acceptors (Lipinski definition) is 4. The Morgan fingerprint density at radius 3 is 2.71 bits per heavy atom. The van der Waals surface area contributed by atoms with Crippen LogP contribution in [0.5, 0.6) is 0 Å². The molecule has 0 saturated carbocycles. The van der Waals surface area contributed by atoms with E-state index < -0.39 is 5.97 Å². The zero-order valence-corrected chi connectivity index (χ0v) is 21.6. The Labute approximate surface area is 220 Å². The van der Waals surface area contributed by atoms with Crippen LogP contribution in [0.1, 0.15) is 39.5 Å². The molecule has 0 amide bonds. The predicted octanol–water partition coefficient (Wildman–Crippen LogP) is 6.94. The largest absolute Gasteiger partial charge is 0.478 e. The summed E-state index contributed by atoms with van der Waals surface area (Å²) in [6, 6.07) is 19.4. The van der Waals surface area contributed by atoms with Crippen molar-refractivity contribution in [1.29, 1.82) is 0 Å². The number of nitrogens with zero attached hydrogens (tertiary/aromatic N) is 2. The summed E-state index contributed by atoms with van der Waals surface area (Å²) in [6.45, 7) is 2.02. The lowest BCUT2D eigenvalue weighted by molar-refractivity contribution is 0.0697. The molecule has 1 saturated heterocycles. The van der Waals surface area contributed by atoms with Crippen molar-refractivity contribution in [2.75, 3.05) is 4.90 Å². The minimum Gasteiger partial charge on any atom is -0.478 e. The minimum absolute atomic E-state index is 0.129. The smallest absolute Gasteiger partial charge is 0.335 e. The lowest BCUT2D eigenvalue weighted by Crippen LogP contribution is -2.29. The second-order valence-corrected chi connectivity index (χ2v) is 9.78. The van der Waals surface area contributed by atoms with E-state index in [1.165, 1.54) is 12.1 Å². The summed E-state index contributed by atoms with van der Waals surface area (Å²) in [5, 5.41) is 13.8. The van der Waals surface area contributed by atoms with Crippen molar-refractivity contribution in [3.05, 3.63) is 105 Å². The summed E-state index contributed by atoms with van der Waals surface area (Å²) >= 11 is 15.7. The van der Waals surface area contributed by atoms with Gasteiger partial charge in [-0.25, -0.2) is 4.79 Å². The zero-order valence-electron chi connectivity index (χ0n) is 18.4. The standard InChI is InChI=1S/C26H19BrClN3O3S/c1-14-12-16(6-7-18(14)27)31-24(23(30-26(31)35)20-4-2-3-11-29-20)22-10-9-21(34-22)17-13-15(25(32)33)5-8-19(17)28/h2-13,23-24H,1H3,(H,30,35)(H,32,33)/t23-,24+/m1/s1. The van der Waals surface area contributed by atoms with Gasteiger partial charge < -0.3 is 19.7 Å². The van der Waals surface area contributed by atoms with Crippen molar-refractivity contribution < 1.29 is 14.3 Å². The Morgan fingerprint density at radius 2 is 2.00 bits per heavy atom. The predicted molar refractivity (Wildman–Crippen MR) is 143 cm³/mol. The molecule has 0 bridgehead atoms. The number of aromatic nitrogens is 1. The minimum atomic E-state index is -1.04. The average molecular weight is 569 g/mol. The van der Waals surface area contributed by atoms with E-state index in [1.54, 1.807) is 18.3 Å². The summed E-state index contributed by atoms with van der Waals surface area (Å²) in [7, 11) is 0. The van der Waals surface area contributed by atoms with Gasteiger partial charge in [-0.3, -0.25) is 4.98 Å². The molecule has 0 aliphatic carbocycles. The maximum atomic E-state index is 11.5. The molecule has 2 atom stereocenters. The van der Waals surface area contributed by atoms with Gasteiger partial charge in [0.1, 0.15) is 17.6 Å². The van der Waals surface area contributed by atoms with Crippen molar-refractivity contribution in [1.82, 2.24) is 10.3 Å². The van der Waals surface area contributed by atoms with E-state index in [-0.39, 0.29) is 17.6 Å². The number of rotatable bonds is 5. The Hall–Kier alpha value is -3.20. The number of carbonyl (C=O) groups is 1. The molecule has 9 heteroatoms. The van der Waals surface area contributed by atoms with Crippen LogP contribution in [0, 0.1) is 6.92 Å². The number of hydrogen-bond donors (Lipinski definition) is 2. The number of carboxylic acid groups (broad SMARTS) is 1. The molecule has 5 rings (SSSR count). The summed E-state index contributed by atoms with van der Waals surface area (Å²) in [5.74, 6) is 0.0741. The van der Waals surface area contributed by atoms with Gasteiger partial charge in [0.05, 0.1) is 22.3 Å². The van der Waals surface area contributed by atoms with Crippen LogP contribution in [0.15, 0.2) is 81.8 Å². The molecule has 2 N–H and O–H groups in total. The fourth-order valence-corrected chi connectivity index (χ4v) is 5.01. The molecule has 176 valence electrons. The summed E-state index contributed by atoms with van der Waals surface area (Å²) < 4.78 is 7.32. The van der Waals surface area contributed by atoms with Crippen molar-refractivity contribution in [3.63, 3.8) is 0 Å². The van der Waals surface area contributed by atoms with Gasteiger partial charge in [0.15, 0.2) is 5.11 Å². The molecule has 0 spiro atoms. The van der Waals surface area contributed by atoms with Gasteiger partial charge in [-0.05, 0) is 85.4 Å². The van der Waals surface area contributed by atoms with Crippen molar-refractivity contribution in [2.24, 2.45) is 0 Å². The number of carboxylic acids is 1. The van der Waals surface area contributed by atoms with Gasteiger partial charge >= 0.3 is 5.97 Å². The highest BCUT2D eigenvalue weighted by atomic mass is 79.9. The third-order valence-electron chi connectivity index (χ3n) is 5.91. The third-order valence-corrected chi connectivity index (χ3v) is 7.45. The average Bonchev–Trinajstić information content (AvgIpc) is 3.46. The lowest BCUT2D eigenvalue weighted by atomic mass is 10.0. The highest BCUT2D eigenvalue weighted by molar-refractivity contribution is 9.10. The first-order valence-electron chi connectivity index (χ1n) is 10.7. The second kappa shape index (κ2) is 9.45. The number of benzene rings is 2. The SMILES string of the molecule is Cc1cc(N2C(=S)N[C@H](c3ccccn3)[C@@H]2c2ccc(-c3cc(C(=O)O)ccc3Cl)o2)ccc1Br. The second-order valence-electron chi connectivity index (χ2n) is 8.13. The molecule has 1 aliphatic rings. The van der Waals surface area contributed by atoms with Gasteiger partial charge in [-0.1, -0.05) is 33.6 Å². The Kier molecular flexibility index (Phi) is 6.35. The third kappa shape index (κ3) is 4.45. The monoisotopic (exact) mass is 567 g/mol. The molecule has 4 aromatic rings. The van der Waals surface area contributed by atoms with Crippen molar-refractivity contribution >= 4 is 56.5 Å². The Bertz CT molecular complexity index is 1440. The number of pyridine rings is 1. The lowest BCUT2D eigenvalue weighted by Gasteiger charge is -2.26. The highest BCUT2D eigenvalue weighted by Crippen LogP contribution is 2.44. The maximum absolute atomic E-state index is 11.5. The van der Waals surface area contributed by atoms with Gasteiger partial charge in [0, 0.05) is 21.9 Å². The number of aromatic carboxylic acids is 1.